The van der Waals surface area contributed by atoms with Crippen LogP contribution in [0.1, 0.15) is 9.67 Å². The molecule has 0 aliphatic heterocycles. The third-order valence-electron chi connectivity index (χ3n) is 4.00. The van der Waals surface area contributed by atoms with Crippen molar-refractivity contribution in [1.82, 2.24) is 4.57 Å². The smallest absolute Gasteiger partial charge is 0.244 e. The maximum atomic E-state index is 8.09. The first-order chi connectivity index (χ1) is 12.0. The largest absolute Gasteiger partial charge is 0.319 e. The van der Waals surface area contributed by atoms with E-state index in [4.69, 9.17) is 2.74 Å². The Balaban J connectivity index is 1.91. The number of hydrogen-bond donors (Lipinski definition) is 0. The van der Waals surface area contributed by atoms with Gasteiger partial charge in [0.2, 0.25) is 6.33 Å². The molecule has 0 saturated carbocycles. The highest BCUT2D eigenvalue weighted by Gasteiger charge is 2.08. The molecule has 0 aliphatic carbocycles. The second-order valence-corrected chi connectivity index (χ2v) is 5.40. The molecular weight excluding hydrogens is 280 g/mol. The van der Waals surface area contributed by atoms with Crippen molar-refractivity contribution in [2.45, 2.75) is 13.4 Å². The highest BCUT2D eigenvalue weighted by molar-refractivity contribution is 5.75. The molecule has 0 bridgehead atoms. The van der Waals surface area contributed by atoms with E-state index < -0.39 is 6.50 Å². The van der Waals surface area contributed by atoms with Gasteiger partial charge in [0.1, 0.15) is 0 Å². The number of benzene rings is 3. The van der Waals surface area contributed by atoms with Crippen molar-refractivity contribution in [2.75, 3.05) is 0 Å². The van der Waals surface area contributed by atoms with Crippen LogP contribution in [0.4, 0.5) is 0 Å². The van der Waals surface area contributed by atoms with Crippen molar-refractivity contribution in [1.29, 1.82) is 0 Å². The molecule has 4 rings (SSSR count). The van der Waals surface area contributed by atoms with E-state index in [1.165, 1.54) is 0 Å². The fourth-order valence-electron chi connectivity index (χ4n) is 2.87. The summed E-state index contributed by atoms with van der Waals surface area (Å²) in [4.78, 5) is 0. The molecule has 0 radical (unpaired) electrons. The summed E-state index contributed by atoms with van der Waals surface area (Å²) in [5, 5.41) is 0. The van der Waals surface area contributed by atoms with E-state index in [1.807, 2.05) is 59.2 Å². The fourth-order valence-corrected chi connectivity index (χ4v) is 2.87. The van der Waals surface area contributed by atoms with Crippen LogP contribution in [0, 0.1) is 6.33 Å². The Bertz CT molecular complexity index is 1030. The molecule has 4 aromatic rings. The molecule has 0 N–H and O–H groups in total. The average molecular weight is 300 g/mol. The second-order valence-electron chi connectivity index (χ2n) is 5.40. The van der Waals surface area contributed by atoms with Crippen LogP contribution in [-0.4, -0.2) is 4.57 Å². The number of aromatic nitrogens is 2. The Hall–Kier alpha value is -2.87. The molecule has 2 nitrogen and oxygen atoms in total. The first-order valence-electron chi connectivity index (χ1n) is 8.65. The van der Waals surface area contributed by atoms with Crippen LogP contribution in [0.3, 0.4) is 0 Å². The van der Waals surface area contributed by atoms with Crippen molar-refractivity contribution in [3.63, 3.8) is 0 Å². The quantitative estimate of drug-likeness (QED) is 0.391. The summed E-state index contributed by atoms with van der Waals surface area (Å²) in [6, 6.07) is 26.2. The summed E-state index contributed by atoms with van der Waals surface area (Å²) in [5.74, 6) is 0. The average Bonchev–Trinajstić information content (AvgIpc) is 3.03. The lowest BCUT2D eigenvalue weighted by atomic mass is 10.1. The van der Waals surface area contributed by atoms with Gasteiger partial charge in [0, 0.05) is 0 Å². The van der Waals surface area contributed by atoms with Crippen LogP contribution in [0.2, 0.25) is 0 Å². The van der Waals surface area contributed by atoms with Gasteiger partial charge in [-0.2, -0.15) is 0 Å². The Morgan fingerprint density at radius 1 is 0.913 bits per heavy atom. The molecule has 0 spiro atoms. The normalized spacial score (nSPS) is 12.9. The second kappa shape index (κ2) is 5.73. The molecule has 0 saturated heterocycles. The first kappa shape index (κ1) is 11.7. The molecule has 1 aromatic heterocycles. The monoisotopic (exact) mass is 300 g/mol. The zero-order valence-electron chi connectivity index (χ0n) is 14.9. The molecule has 0 atom stereocenters. The minimum absolute atomic E-state index is 0.820. The highest BCUT2D eigenvalue weighted by Crippen LogP contribution is 2.23. The van der Waals surface area contributed by atoms with Gasteiger partial charge in [-0.05, 0) is 24.1 Å². The maximum absolute atomic E-state index is 8.09. The molecule has 0 aliphatic rings. The highest BCUT2D eigenvalue weighted by atomic mass is 15.1. The molecule has 3 aromatic carbocycles. The summed E-state index contributed by atoms with van der Waals surface area (Å²) >= 11 is 0. The fraction of sp³-hybridized carbons (Fsp3) is 0.0952. The summed E-state index contributed by atoms with van der Waals surface area (Å²) in [6.45, 7) is 0.0164. The SMILES string of the molecule is [2H]C([2H])(C)[n+]1[c-]n(-c2cccc(-c3ccccc3)c2)c2ccccc21. The minimum Gasteiger partial charge on any atom is -0.319 e. The van der Waals surface area contributed by atoms with Crippen LogP contribution in [0.15, 0.2) is 78.9 Å². The maximum Gasteiger partial charge on any atom is 0.244 e. The lowest BCUT2D eigenvalue weighted by Crippen LogP contribution is -2.30. The lowest BCUT2D eigenvalue weighted by molar-refractivity contribution is -0.672. The van der Waals surface area contributed by atoms with Crippen LogP contribution in [-0.2, 0) is 6.50 Å². The number of fused-ring (bicyclic) bond motifs is 1. The van der Waals surface area contributed by atoms with Gasteiger partial charge in [-0.3, -0.25) is 0 Å². The third kappa shape index (κ3) is 2.42. The summed E-state index contributed by atoms with van der Waals surface area (Å²) in [7, 11) is 0. The van der Waals surface area contributed by atoms with Gasteiger partial charge in [0.25, 0.3) is 0 Å². The first-order valence-corrected chi connectivity index (χ1v) is 7.65. The van der Waals surface area contributed by atoms with Crippen LogP contribution >= 0.6 is 0 Å². The molecule has 112 valence electrons. The van der Waals surface area contributed by atoms with E-state index in [2.05, 4.69) is 30.6 Å². The van der Waals surface area contributed by atoms with E-state index >= 15 is 0 Å². The Labute approximate surface area is 139 Å². The van der Waals surface area contributed by atoms with Crippen molar-refractivity contribution in [3.05, 3.63) is 85.2 Å². The number of imidazole rings is 1. The number of nitrogens with zero attached hydrogens (tertiary/aromatic N) is 2. The molecule has 23 heavy (non-hydrogen) atoms. The van der Waals surface area contributed by atoms with Gasteiger partial charge in [0.15, 0.2) is 0 Å². The summed E-state index contributed by atoms with van der Waals surface area (Å²) in [6.07, 6.45) is 3.18. The number of para-hydroxylation sites is 2. The van der Waals surface area contributed by atoms with Crippen LogP contribution < -0.4 is 4.57 Å². The Morgan fingerprint density at radius 3 is 2.48 bits per heavy atom. The molecule has 0 unspecified atom stereocenters. The molecule has 0 amide bonds. The molecule has 1 heterocycles. The zero-order chi connectivity index (χ0) is 17.4. The third-order valence-corrected chi connectivity index (χ3v) is 4.00. The van der Waals surface area contributed by atoms with Gasteiger partial charge in [-0.15, -0.1) is 0 Å². The topological polar surface area (TPSA) is 8.81 Å². The van der Waals surface area contributed by atoms with Crippen molar-refractivity contribution in [2.24, 2.45) is 0 Å². The predicted octanol–water partition coefficient (Wildman–Crippen LogP) is 4.41. The predicted molar refractivity (Wildman–Crippen MR) is 93.4 cm³/mol. The van der Waals surface area contributed by atoms with Crippen molar-refractivity contribution in [3.8, 4) is 16.8 Å². The van der Waals surface area contributed by atoms with E-state index in [0.717, 1.165) is 27.8 Å². The molecule has 2 heteroatoms. The van der Waals surface area contributed by atoms with E-state index in [-0.39, 0.29) is 0 Å². The van der Waals surface area contributed by atoms with Crippen molar-refractivity contribution < 1.29 is 7.31 Å². The van der Waals surface area contributed by atoms with Gasteiger partial charge in [-0.25, -0.2) is 0 Å². The van der Waals surface area contributed by atoms with Gasteiger partial charge < -0.3 is 9.13 Å². The van der Waals surface area contributed by atoms with Gasteiger partial charge >= 0.3 is 0 Å². The Kier molecular flexibility index (Phi) is 2.91. The summed E-state index contributed by atoms with van der Waals surface area (Å²) in [5.41, 5.74) is 4.98. The summed E-state index contributed by atoms with van der Waals surface area (Å²) < 4.78 is 19.7. The van der Waals surface area contributed by atoms with Crippen molar-refractivity contribution >= 4 is 11.0 Å². The van der Waals surface area contributed by atoms with Gasteiger partial charge in [-0.1, -0.05) is 72.8 Å². The number of hydrogen-bond acceptors (Lipinski definition) is 0. The van der Waals surface area contributed by atoms with Gasteiger partial charge in [0.05, 0.1) is 26.0 Å². The zero-order valence-corrected chi connectivity index (χ0v) is 12.9. The number of rotatable bonds is 3. The van der Waals surface area contributed by atoms with Crippen LogP contribution in [0.25, 0.3) is 27.8 Å². The molecular formula is C21H18N2. The number of aryl methyl sites for hydroxylation is 1. The standard InChI is InChI=1S/C21H18N2/c1-2-22-16-23(21-14-7-6-13-20(21)22)19-12-8-11-18(15-19)17-9-4-3-5-10-17/h3-15H,2H2,1H3/i2D2. The lowest BCUT2D eigenvalue weighted by Gasteiger charge is -2.08. The van der Waals surface area contributed by atoms with E-state index in [0.29, 0.717) is 0 Å². The minimum atomic E-state index is -1.53. The van der Waals surface area contributed by atoms with Crippen LogP contribution in [0.5, 0.6) is 0 Å². The molecule has 0 fully saturated rings. The van der Waals surface area contributed by atoms with E-state index in [1.54, 1.807) is 11.5 Å². The van der Waals surface area contributed by atoms with E-state index in [9.17, 15) is 0 Å². The Morgan fingerprint density at radius 2 is 1.65 bits per heavy atom.